The lowest BCUT2D eigenvalue weighted by atomic mass is 10.1. The number of carbonyl (C=O) groups is 1. The van der Waals surface area contributed by atoms with Crippen molar-refractivity contribution in [2.24, 2.45) is 7.05 Å². The van der Waals surface area contributed by atoms with Gasteiger partial charge in [0.05, 0.1) is 0 Å². The summed E-state index contributed by atoms with van der Waals surface area (Å²) >= 11 is 1.80. The van der Waals surface area contributed by atoms with E-state index in [0.717, 1.165) is 30.2 Å². The molecule has 0 spiro atoms. The van der Waals surface area contributed by atoms with Gasteiger partial charge in [-0.15, -0.1) is 11.8 Å². The highest BCUT2D eigenvalue weighted by molar-refractivity contribution is 7.98. The molecule has 5 nitrogen and oxygen atoms in total. The quantitative estimate of drug-likeness (QED) is 0.675. The van der Waals surface area contributed by atoms with Crippen molar-refractivity contribution < 1.29 is 4.79 Å². The van der Waals surface area contributed by atoms with Crippen molar-refractivity contribution >= 4 is 17.7 Å². The zero-order valence-corrected chi connectivity index (χ0v) is 16.7. The fourth-order valence-corrected chi connectivity index (χ4v) is 4.34. The standard InChI is InChI=1S/C22H24N4OS/c1-25-13-12-24-21(25)20-15-23-11-14-26(20)22(27)18-9-7-17(8-10-18)16-28-19-5-3-2-4-6-19/h2-10,12-13,20,23H,11,14-16H2,1H3. The first-order valence-electron chi connectivity index (χ1n) is 9.48. The molecule has 1 aliphatic rings. The molecule has 4 rings (SSSR count). The number of thioether (sulfide) groups is 1. The van der Waals surface area contributed by atoms with Crippen LogP contribution < -0.4 is 5.32 Å². The normalized spacial score (nSPS) is 16.9. The lowest BCUT2D eigenvalue weighted by Gasteiger charge is -2.35. The molecule has 0 aliphatic carbocycles. The van der Waals surface area contributed by atoms with E-state index in [9.17, 15) is 4.79 Å². The van der Waals surface area contributed by atoms with Gasteiger partial charge in [0.1, 0.15) is 11.9 Å². The minimum Gasteiger partial charge on any atom is -0.336 e. The van der Waals surface area contributed by atoms with E-state index in [-0.39, 0.29) is 11.9 Å². The Bertz CT molecular complexity index is 923. The Hall–Kier alpha value is -2.57. The molecule has 1 amide bonds. The predicted octanol–water partition coefficient (Wildman–Crippen LogP) is 3.50. The SMILES string of the molecule is Cn1ccnc1C1CNCCN1C(=O)c1ccc(CSc2ccccc2)cc1. The topological polar surface area (TPSA) is 50.2 Å². The van der Waals surface area contributed by atoms with Crippen molar-refractivity contribution in [2.45, 2.75) is 16.7 Å². The van der Waals surface area contributed by atoms with Gasteiger partial charge in [-0.2, -0.15) is 0 Å². The minimum absolute atomic E-state index is 0.0467. The van der Waals surface area contributed by atoms with Crippen molar-refractivity contribution in [1.82, 2.24) is 19.8 Å². The number of amides is 1. The van der Waals surface area contributed by atoms with Crippen LogP contribution >= 0.6 is 11.8 Å². The van der Waals surface area contributed by atoms with E-state index >= 15 is 0 Å². The average molecular weight is 393 g/mol. The zero-order chi connectivity index (χ0) is 19.3. The van der Waals surface area contributed by atoms with Gasteiger partial charge in [-0.05, 0) is 29.8 Å². The molecule has 1 saturated heterocycles. The van der Waals surface area contributed by atoms with E-state index < -0.39 is 0 Å². The predicted molar refractivity (Wildman–Crippen MR) is 112 cm³/mol. The lowest BCUT2D eigenvalue weighted by Crippen LogP contribution is -2.49. The van der Waals surface area contributed by atoms with E-state index in [4.69, 9.17) is 0 Å². The fraction of sp³-hybridized carbons (Fsp3) is 0.273. The summed E-state index contributed by atoms with van der Waals surface area (Å²) in [6, 6.07) is 18.3. The van der Waals surface area contributed by atoms with Crippen LogP contribution in [0.5, 0.6) is 0 Å². The van der Waals surface area contributed by atoms with Crippen molar-refractivity contribution in [3.8, 4) is 0 Å². The van der Waals surface area contributed by atoms with Crippen LogP contribution in [0.3, 0.4) is 0 Å². The number of hydrogen-bond donors (Lipinski definition) is 1. The molecule has 1 N–H and O–H groups in total. The molecule has 6 heteroatoms. The number of nitrogens with one attached hydrogen (secondary N) is 1. The van der Waals surface area contributed by atoms with Crippen LogP contribution in [0.25, 0.3) is 0 Å². The molecule has 144 valence electrons. The van der Waals surface area contributed by atoms with Crippen LogP contribution in [0, 0.1) is 0 Å². The van der Waals surface area contributed by atoms with E-state index in [1.165, 1.54) is 10.5 Å². The number of aryl methyl sites for hydroxylation is 1. The zero-order valence-electron chi connectivity index (χ0n) is 15.9. The maximum Gasteiger partial charge on any atom is 0.254 e. The summed E-state index contributed by atoms with van der Waals surface area (Å²) in [4.78, 5) is 20.8. The second-order valence-electron chi connectivity index (χ2n) is 6.91. The van der Waals surface area contributed by atoms with Crippen LogP contribution in [0.4, 0.5) is 0 Å². The number of carbonyl (C=O) groups excluding carboxylic acids is 1. The van der Waals surface area contributed by atoms with Crippen LogP contribution in [-0.2, 0) is 12.8 Å². The second-order valence-corrected chi connectivity index (χ2v) is 7.96. The molecule has 1 aliphatic heterocycles. The number of imidazole rings is 1. The molecule has 0 saturated carbocycles. The minimum atomic E-state index is -0.0467. The summed E-state index contributed by atoms with van der Waals surface area (Å²) in [5, 5.41) is 3.38. The number of nitrogens with zero attached hydrogens (tertiary/aromatic N) is 3. The molecule has 1 unspecified atom stereocenters. The second kappa shape index (κ2) is 8.63. The maximum atomic E-state index is 13.2. The van der Waals surface area contributed by atoms with E-state index in [1.807, 2.05) is 40.9 Å². The number of rotatable bonds is 5. The number of aromatic nitrogens is 2. The smallest absolute Gasteiger partial charge is 0.254 e. The summed E-state index contributed by atoms with van der Waals surface area (Å²) in [5.41, 5.74) is 1.95. The number of hydrogen-bond acceptors (Lipinski definition) is 4. The van der Waals surface area contributed by atoms with Crippen molar-refractivity contribution in [3.05, 3.63) is 83.9 Å². The van der Waals surface area contributed by atoms with E-state index in [1.54, 1.807) is 18.0 Å². The van der Waals surface area contributed by atoms with Crippen molar-refractivity contribution in [1.29, 1.82) is 0 Å². The molecule has 1 fully saturated rings. The Kier molecular flexibility index (Phi) is 5.78. The third-order valence-corrected chi connectivity index (χ3v) is 6.09. The van der Waals surface area contributed by atoms with Crippen molar-refractivity contribution in [3.63, 3.8) is 0 Å². The van der Waals surface area contributed by atoms with Gasteiger partial charge in [0.2, 0.25) is 0 Å². The molecule has 1 aromatic heterocycles. The number of piperazine rings is 1. The van der Waals surface area contributed by atoms with Gasteiger partial charge >= 0.3 is 0 Å². The summed E-state index contributed by atoms with van der Waals surface area (Å²) < 4.78 is 1.99. The first kappa shape index (κ1) is 18.8. The Balaban J connectivity index is 1.45. The Morgan fingerprint density at radius 3 is 2.68 bits per heavy atom. The molecule has 28 heavy (non-hydrogen) atoms. The Morgan fingerprint density at radius 1 is 1.18 bits per heavy atom. The monoisotopic (exact) mass is 392 g/mol. The molecule has 2 aromatic carbocycles. The van der Waals surface area contributed by atoms with E-state index in [2.05, 4.69) is 46.7 Å². The fourth-order valence-electron chi connectivity index (χ4n) is 3.47. The Labute approximate surface area is 169 Å². The summed E-state index contributed by atoms with van der Waals surface area (Å²) in [7, 11) is 1.97. The molecular formula is C22H24N4OS. The summed E-state index contributed by atoms with van der Waals surface area (Å²) in [5.74, 6) is 1.87. The third kappa shape index (κ3) is 4.13. The summed E-state index contributed by atoms with van der Waals surface area (Å²) in [6.45, 7) is 2.21. The number of benzene rings is 2. The molecule has 1 atom stereocenters. The van der Waals surface area contributed by atoms with Crippen LogP contribution in [-0.4, -0.2) is 40.0 Å². The molecule has 3 aromatic rings. The van der Waals surface area contributed by atoms with Gasteiger partial charge < -0.3 is 14.8 Å². The first-order chi connectivity index (χ1) is 13.7. The highest BCUT2D eigenvalue weighted by Crippen LogP contribution is 2.25. The summed E-state index contributed by atoms with van der Waals surface area (Å²) in [6.07, 6.45) is 3.71. The first-order valence-corrected chi connectivity index (χ1v) is 10.5. The molecule has 0 bridgehead atoms. The van der Waals surface area contributed by atoms with Gasteiger partial charge in [0, 0.05) is 55.3 Å². The van der Waals surface area contributed by atoms with Crippen LogP contribution in [0.1, 0.15) is 27.8 Å². The molecule has 2 heterocycles. The van der Waals surface area contributed by atoms with E-state index in [0.29, 0.717) is 6.54 Å². The molecule has 0 radical (unpaired) electrons. The van der Waals surface area contributed by atoms with Gasteiger partial charge in [-0.3, -0.25) is 4.79 Å². The van der Waals surface area contributed by atoms with Gasteiger partial charge in [0.25, 0.3) is 5.91 Å². The van der Waals surface area contributed by atoms with Gasteiger partial charge in [-0.25, -0.2) is 4.98 Å². The highest BCUT2D eigenvalue weighted by Gasteiger charge is 2.30. The van der Waals surface area contributed by atoms with Crippen LogP contribution in [0.15, 0.2) is 71.9 Å². The average Bonchev–Trinajstić information content (AvgIpc) is 3.18. The maximum absolute atomic E-state index is 13.2. The molecular weight excluding hydrogens is 368 g/mol. The van der Waals surface area contributed by atoms with Crippen molar-refractivity contribution in [2.75, 3.05) is 19.6 Å². The van der Waals surface area contributed by atoms with Gasteiger partial charge in [-0.1, -0.05) is 30.3 Å². The van der Waals surface area contributed by atoms with Gasteiger partial charge in [0.15, 0.2) is 0 Å². The third-order valence-electron chi connectivity index (χ3n) is 5.01. The lowest BCUT2D eigenvalue weighted by molar-refractivity contribution is 0.0621. The highest BCUT2D eigenvalue weighted by atomic mass is 32.2. The largest absolute Gasteiger partial charge is 0.336 e. The van der Waals surface area contributed by atoms with Crippen LogP contribution in [0.2, 0.25) is 0 Å². The Morgan fingerprint density at radius 2 is 1.96 bits per heavy atom.